The zero-order valence-electron chi connectivity index (χ0n) is 23.9. The number of anilines is 1. The number of aromatic nitrogens is 6. The molecule has 2 heterocycles. The van der Waals surface area contributed by atoms with Gasteiger partial charge in [0.2, 0.25) is 5.78 Å². The number of fused-ring (bicyclic) bond motifs is 1. The number of Topliss-reactive ketones (excluding diaryl/α,β-unsaturated/α-hetero) is 1. The maximum Gasteiger partial charge on any atom is 0.209 e. The molecule has 1 aliphatic carbocycles. The molecule has 0 unspecified atom stereocenters. The molecule has 3 aromatic carbocycles. The smallest absolute Gasteiger partial charge is 0.209 e. The summed E-state index contributed by atoms with van der Waals surface area (Å²) >= 11 is 0. The van der Waals surface area contributed by atoms with E-state index in [1.165, 1.54) is 0 Å². The van der Waals surface area contributed by atoms with Crippen LogP contribution >= 0.6 is 0 Å². The van der Waals surface area contributed by atoms with Gasteiger partial charge in [-0.15, -0.1) is 5.10 Å². The van der Waals surface area contributed by atoms with Crippen molar-refractivity contribution in [2.75, 3.05) is 5.43 Å². The van der Waals surface area contributed by atoms with Crippen LogP contribution in [0.3, 0.4) is 0 Å². The Morgan fingerprint density at radius 3 is 2.36 bits per heavy atom. The van der Waals surface area contributed by atoms with Crippen LogP contribution in [0.15, 0.2) is 95.1 Å². The normalized spacial score (nSPS) is 14.0. The molecule has 210 valence electrons. The lowest BCUT2D eigenvalue weighted by atomic mass is 9.91. The number of ketones is 1. The SMILES string of the molecule is CCCCc1nc2c(n1Cc1ccc(-c3ccccc3-c3nnn[nH]3)cc1)C(=NNc1ccccc1)C(C)=C(C)C2=O. The molecule has 42 heavy (non-hydrogen) atoms. The molecule has 0 aliphatic heterocycles. The molecule has 2 aromatic heterocycles. The van der Waals surface area contributed by atoms with Crippen LogP contribution in [0.5, 0.6) is 0 Å². The van der Waals surface area contributed by atoms with Crippen LogP contribution < -0.4 is 5.43 Å². The Morgan fingerprint density at radius 1 is 0.905 bits per heavy atom. The summed E-state index contributed by atoms with van der Waals surface area (Å²) in [4.78, 5) is 18.4. The van der Waals surface area contributed by atoms with Crippen molar-refractivity contribution in [3.05, 3.63) is 113 Å². The first-order valence-corrected chi connectivity index (χ1v) is 14.2. The van der Waals surface area contributed by atoms with E-state index in [-0.39, 0.29) is 5.78 Å². The molecule has 0 amide bonds. The van der Waals surface area contributed by atoms with Gasteiger partial charge in [0.05, 0.1) is 5.69 Å². The topological polar surface area (TPSA) is 114 Å². The first-order valence-electron chi connectivity index (χ1n) is 14.2. The number of unbranched alkanes of at least 4 members (excludes halogenated alkanes) is 1. The lowest BCUT2D eigenvalue weighted by molar-refractivity contribution is 0.102. The molecule has 0 fully saturated rings. The second-order valence-electron chi connectivity index (χ2n) is 10.4. The molecular formula is C33H32N8O. The zero-order chi connectivity index (χ0) is 29.1. The van der Waals surface area contributed by atoms with Gasteiger partial charge in [-0.3, -0.25) is 10.2 Å². The van der Waals surface area contributed by atoms with Gasteiger partial charge in [-0.2, -0.15) is 5.10 Å². The number of hydrazone groups is 1. The molecule has 2 N–H and O–H groups in total. The zero-order valence-corrected chi connectivity index (χ0v) is 23.9. The van der Waals surface area contributed by atoms with Gasteiger partial charge in [0.25, 0.3) is 0 Å². The highest BCUT2D eigenvalue weighted by Crippen LogP contribution is 2.32. The van der Waals surface area contributed by atoms with Gasteiger partial charge < -0.3 is 4.57 Å². The average Bonchev–Trinajstić information content (AvgIpc) is 3.69. The molecule has 1 aliphatic rings. The average molecular weight is 557 g/mol. The highest BCUT2D eigenvalue weighted by Gasteiger charge is 2.33. The summed E-state index contributed by atoms with van der Waals surface area (Å²) in [7, 11) is 0. The summed E-state index contributed by atoms with van der Waals surface area (Å²) in [6.07, 6.45) is 2.80. The van der Waals surface area contributed by atoms with Gasteiger partial charge in [0, 0.05) is 24.1 Å². The minimum Gasteiger partial charge on any atom is -0.322 e. The lowest BCUT2D eigenvalue weighted by Crippen LogP contribution is -2.24. The van der Waals surface area contributed by atoms with Gasteiger partial charge in [0.1, 0.15) is 22.9 Å². The number of hydrogen-bond donors (Lipinski definition) is 2. The molecule has 0 saturated heterocycles. The number of benzene rings is 3. The van der Waals surface area contributed by atoms with Crippen LogP contribution in [-0.4, -0.2) is 41.7 Å². The van der Waals surface area contributed by atoms with Crippen molar-refractivity contribution in [3.8, 4) is 22.5 Å². The van der Waals surface area contributed by atoms with E-state index in [0.29, 0.717) is 23.6 Å². The Morgan fingerprint density at radius 2 is 1.64 bits per heavy atom. The lowest BCUT2D eigenvalue weighted by Gasteiger charge is -2.20. The summed E-state index contributed by atoms with van der Waals surface area (Å²) in [5.74, 6) is 1.49. The van der Waals surface area contributed by atoms with Gasteiger partial charge in [0.15, 0.2) is 5.82 Å². The quantitative estimate of drug-likeness (QED) is 0.201. The number of hydrogen-bond acceptors (Lipinski definition) is 7. The van der Waals surface area contributed by atoms with E-state index in [4.69, 9.17) is 10.1 Å². The number of nitrogens with zero attached hydrogens (tertiary/aromatic N) is 6. The molecule has 5 aromatic rings. The number of allylic oxidation sites excluding steroid dienone is 2. The molecule has 6 rings (SSSR count). The van der Waals surface area contributed by atoms with Crippen LogP contribution in [-0.2, 0) is 13.0 Å². The van der Waals surface area contributed by atoms with Crippen LogP contribution in [0.2, 0.25) is 0 Å². The van der Waals surface area contributed by atoms with Crippen molar-refractivity contribution in [3.63, 3.8) is 0 Å². The molecule has 9 nitrogen and oxygen atoms in total. The number of aryl methyl sites for hydroxylation is 1. The standard InChI is InChI=1S/C33H32N8O/c1-4-5-15-28-34-30-31(29(21(2)22(3)32(30)42)36-35-25-11-7-6-8-12-25)41(28)20-23-16-18-24(19-17-23)26-13-9-10-14-27(26)33-37-39-40-38-33/h6-14,16-19,35H,4-5,15,20H2,1-3H3,(H,37,38,39,40). The Bertz CT molecular complexity index is 1780. The summed E-state index contributed by atoms with van der Waals surface area (Å²) < 4.78 is 2.17. The predicted molar refractivity (Wildman–Crippen MR) is 164 cm³/mol. The number of carbonyl (C=O) groups is 1. The van der Waals surface area contributed by atoms with Crippen LogP contribution in [0, 0.1) is 0 Å². The minimum absolute atomic E-state index is 0.0356. The summed E-state index contributed by atoms with van der Waals surface area (Å²) in [6.45, 7) is 6.55. The van der Waals surface area contributed by atoms with Gasteiger partial charge in [-0.1, -0.05) is 80.1 Å². The summed E-state index contributed by atoms with van der Waals surface area (Å²) in [5.41, 5.74) is 11.7. The largest absolute Gasteiger partial charge is 0.322 e. The first kappa shape index (κ1) is 27.0. The Hall–Kier alpha value is -5.18. The number of rotatable bonds is 9. The fraction of sp³-hybridized carbons (Fsp3) is 0.212. The number of H-pyrrole nitrogens is 1. The molecule has 9 heteroatoms. The van der Waals surface area contributed by atoms with E-state index in [9.17, 15) is 4.79 Å². The van der Waals surface area contributed by atoms with Crippen LogP contribution in [0.4, 0.5) is 5.69 Å². The van der Waals surface area contributed by atoms with Gasteiger partial charge >= 0.3 is 0 Å². The third-order valence-corrected chi connectivity index (χ3v) is 7.70. The van der Waals surface area contributed by atoms with Crippen LogP contribution in [0.1, 0.15) is 61.2 Å². The number of tetrazole rings is 1. The molecule has 0 radical (unpaired) electrons. The van der Waals surface area contributed by atoms with E-state index in [0.717, 1.165) is 70.0 Å². The summed E-state index contributed by atoms with van der Waals surface area (Å²) in [6, 6.07) is 26.3. The van der Waals surface area contributed by atoms with E-state index in [1.54, 1.807) is 0 Å². The monoisotopic (exact) mass is 556 g/mol. The van der Waals surface area contributed by atoms with Crippen molar-refractivity contribution >= 4 is 17.2 Å². The molecule has 0 saturated carbocycles. The van der Waals surface area contributed by atoms with Crippen molar-refractivity contribution in [1.82, 2.24) is 30.2 Å². The minimum atomic E-state index is -0.0356. The van der Waals surface area contributed by atoms with Crippen molar-refractivity contribution in [1.29, 1.82) is 0 Å². The third kappa shape index (κ3) is 5.16. The third-order valence-electron chi connectivity index (χ3n) is 7.70. The first-order chi connectivity index (χ1) is 20.5. The van der Waals surface area contributed by atoms with E-state index in [2.05, 4.69) is 67.9 Å². The second kappa shape index (κ2) is 11.7. The van der Waals surface area contributed by atoms with Gasteiger partial charge in [-0.25, -0.2) is 10.1 Å². The van der Waals surface area contributed by atoms with E-state index >= 15 is 0 Å². The highest BCUT2D eigenvalue weighted by atomic mass is 16.1. The van der Waals surface area contributed by atoms with Crippen LogP contribution in [0.25, 0.3) is 22.5 Å². The van der Waals surface area contributed by atoms with E-state index < -0.39 is 0 Å². The maximum atomic E-state index is 13.4. The van der Waals surface area contributed by atoms with Crippen molar-refractivity contribution < 1.29 is 4.79 Å². The number of aromatic amines is 1. The molecule has 0 bridgehead atoms. The second-order valence-corrected chi connectivity index (χ2v) is 10.4. The number of nitrogens with one attached hydrogen (secondary N) is 2. The molecular weight excluding hydrogens is 524 g/mol. The Labute approximate surface area is 244 Å². The Kier molecular flexibility index (Phi) is 7.55. The van der Waals surface area contributed by atoms with Gasteiger partial charge in [-0.05, 0) is 65.1 Å². The maximum absolute atomic E-state index is 13.4. The number of carbonyl (C=O) groups excluding carboxylic acids is 1. The highest BCUT2D eigenvalue weighted by molar-refractivity contribution is 6.27. The fourth-order valence-corrected chi connectivity index (χ4v) is 5.25. The summed E-state index contributed by atoms with van der Waals surface area (Å²) in [5, 5.41) is 19.3. The Balaban J connectivity index is 1.39. The van der Waals surface area contributed by atoms with Crippen molar-refractivity contribution in [2.45, 2.75) is 46.6 Å². The fourth-order valence-electron chi connectivity index (χ4n) is 5.25. The molecule has 0 spiro atoms. The predicted octanol–water partition coefficient (Wildman–Crippen LogP) is 6.47. The van der Waals surface area contributed by atoms with Crippen molar-refractivity contribution in [2.24, 2.45) is 5.10 Å². The van der Waals surface area contributed by atoms with E-state index in [1.807, 2.05) is 62.4 Å². The number of imidazole rings is 1. The molecule has 0 atom stereocenters. The number of para-hydroxylation sites is 1.